The van der Waals surface area contributed by atoms with E-state index in [2.05, 4.69) is 5.32 Å². The molecule has 0 radical (unpaired) electrons. The van der Waals surface area contributed by atoms with Gasteiger partial charge in [-0.25, -0.2) is 13.6 Å². The van der Waals surface area contributed by atoms with Crippen molar-refractivity contribution in [1.29, 1.82) is 0 Å². The molecule has 4 aromatic rings. The number of benzene rings is 3. The monoisotopic (exact) mass is 550 g/mol. The highest BCUT2D eigenvalue weighted by molar-refractivity contribution is 6.30. The Balaban J connectivity index is 1.44. The fourth-order valence-electron chi connectivity index (χ4n) is 4.64. The van der Waals surface area contributed by atoms with Gasteiger partial charge in [0.15, 0.2) is 0 Å². The number of carboxylic acid groups (broad SMARTS) is 1. The summed E-state index contributed by atoms with van der Waals surface area (Å²) in [6.07, 6.45) is -1.77. The summed E-state index contributed by atoms with van der Waals surface area (Å²) in [6.45, 7) is 0.128. The minimum absolute atomic E-state index is 0.0406. The van der Waals surface area contributed by atoms with Gasteiger partial charge in [-0.15, -0.1) is 0 Å². The maximum absolute atomic E-state index is 13.5. The highest BCUT2D eigenvalue weighted by Gasteiger charge is 2.35. The van der Waals surface area contributed by atoms with Gasteiger partial charge in [0, 0.05) is 42.1 Å². The quantitative estimate of drug-likeness (QED) is 0.259. The second-order valence-electron chi connectivity index (χ2n) is 9.42. The average Bonchev–Trinajstić information content (AvgIpc) is 3.40. The number of rotatable bonds is 6. The lowest BCUT2D eigenvalue weighted by Gasteiger charge is -2.31. The van der Waals surface area contributed by atoms with Crippen molar-refractivity contribution in [1.82, 2.24) is 10.2 Å². The van der Waals surface area contributed by atoms with Gasteiger partial charge in [0.2, 0.25) is 0 Å². The largest absolute Gasteiger partial charge is 0.465 e. The number of carbonyl (C=O) groups is 2. The number of hydrogen-bond donors (Lipinski definition) is 2. The Labute approximate surface area is 228 Å². The summed E-state index contributed by atoms with van der Waals surface area (Å²) in [7, 11) is 0. The number of furan rings is 1. The van der Waals surface area contributed by atoms with E-state index < -0.39 is 12.0 Å². The van der Waals surface area contributed by atoms with Crippen LogP contribution in [0, 0.1) is 0 Å². The number of carbonyl (C=O) groups excluding carboxylic acids is 1. The number of hydrogen-bond acceptors (Lipinski definition) is 3. The lowest BCUT2D eigenvalue weighted by molar-refractivity contribution is -0.0494. The Morgan fingerprint density at radius 1 is 0.897 bits per heavy atom. The number of halogens is 3. The van der Waals surface area contributed by atoms with Gasteiger partial charge in [-0.05, 0) is 70.8 Å². The first-order valence-electron chi connectivity index (χ1n) is 12.4. The molecule has 0 spiro atoms. The first kappa shape index (κ1) is 26.4. The summed E-state index contributed by atoms with van der Waals surface area (Å²) >= 11 is 6.29. The Kier molecular flexibility index (Phi) is 7.39. The van der Waals surface area contributed by atoms with Crippen molar-refractivity contribution in [2.75, 3.05) is 13.1 Å². The van der Waals surface area contributed by atoms with Gasteiger partial charge in [0.05, 0.1) is 6.54 Å². The summed E-state index contributed by atoms with van der Waals surface area (Å²) in [6, 6.07) is 23.9. The first-order valence-corrected chi connectivity index (χ1v) is 12.8. The van der Waals surface area contributed by atoms with E-state index in [9.17, 15) is 18.4 Å². The third kappa shape index (κ3) is 6.12. The summed E-state index contributed by atoms with van der Waals surface area (Å²) in [5.41, 5.74) is 4.75. The average molecular weight is 551 g/mol. The number of likely N-dealkylation sites (tertiary alicyclic amines) is 1. The van der Waals surface area contributed by atoms with Crippen LogP contribution in [0.2, 0.25) is 5.02 Å². The van der Waals surface area contributed by atoms with Gasteiger partial charge in [0.1, 0.15) is 11.5 Å². The maximum Gasteiger partial charge on any atom is 0.405 e. The molecule has 0 aliphatic carbocycles. The number of alkyl halides is 2. The number of amides is 2. The molecule has 1 aromatic heterocycles. The van der Waals surface area contributed by atoms with E-state index in [1.165, 1.54) is 4.90 Å². The van der Waals surface area contributed by atoms with Crippen LogP contribution in [0.1, 0.15) is 29.0 Å². The van der Waals surface area contributed by atoms with Gasteiger partial charge in [0.25, 0.3) is 11.8 Å². The van der Waals surface area contributed by atoms with Gasteiger partial charge in [-0.2, -0.15) is 0 Å². The predicted octanol–water partition coefficient (Wildman–Crippen LogP) is 7.57. The van der Waals surface area contributed by atoms with Crippen LogP contribution in [0.5, 0.6) is 0 Å². The Morgan fingerprint density at radius 2 is 1.62 bits per heavy atom. The normalized spacial score (nSPS) is 14.7. The number of nitrogens with one attached hydrogen (secondary N) is 1. The third-order valence-corrected chi connectivity index (χ3v) is 6.98. The van der Waals surface area contributed by atoms with E-state index >= 15 is 0 Å². The molecule has 9 heteroatoms. The molecule has 1 saturated heterocycles. The van der Waals surface area contributed by atoms with Crippen molar-refractivity contribution in [3.8, 4) is 33.6 Å². The Morgan fingerprint density at radius 3 is 2.31 bits per heavy atom. The Hall–Kier alpha value is -4.17. The molecule has 39 heavy (non-hydrogen) atoms. The molecule has 1 fully saturated rings. The van der Waals surface area contributed by atoms with E-state index in [-0.39, 0.29) is 38.4 Å². The maximum atomic E-state index is 13.5. The van der Waals surface area contributed by atoms with Crippen LogP contribution in [0.3, 0.4) is 0 Å². The summed E-state index contributed by atoms with van der Waals surface area (Å²) < 4.78 is 32.9. The number of piperidine rings is 1. The molecular formula is C30H25ClF2N2O4. The number of nitrogens with zero attached hydrogens (tertiary/aromatic N) is 1. The lowest BCUT2D eigenvalue weighted by atomic mass is 9.93. The molecule has 0 atom stereocenters. The van der Waals surface area contributed by atoms with Crippen LogP contribution in [0.15, 0.2) is 83.3 Å². The third-order valence-electron chi connectivity index (χ3n) is 6.74. The summed E-state index contributed by atoms with van der Waals surface area (Å²) in [4.78, 5) is 25.2. The van der Waals surface area contributed by atoms with Crippen molar-refractivity contribution in [2.45, 2.75) is 25.3 Å². The van der Waals surface area contributed by atoms with Crippen molar-refractivity contribution >= 4 is 23.6 Å². The molecule has 0 unspecified atom stereocenters. The summed E-state index contributed by atoms with van der Waals surface area (Å²) in [5.74, 6) is -1.91. The van der Waals surface area contributed by atoms with Crippen molar-refractivity contribution < 1.29 is 27.9 Å². The molecule has 0 saturated carbocycles. The highest BCUT2D eigenvalue weighted by Crippen LogP contribution is 2.37. The second-order valence-corrected chi connectivity index (χ2v) is 9.86. The van der Waals surface area contributed by atoms with Crippen LogP contribution in [-0.4, -0.2) is 41.0 Å². The zero-order valence-corrected chi connectivity index (χ0v) is 21.6. The van der Waals surface area contributed by atoms with Gasteiger partial charge in [-0.1, -0.05) is 41.9 Å². The van der Waals surface area contributed by atoms with Crippen LogP contribution in [0.4, 0.5) is 13.6 Å². The van der Waals surface area contributed by atoms with E-state index in [0.29, 0.717) is 22.1 Å². The van der Waals surface area contributed by atoms with Gasteiger partial charge in [-0.3, -0.25) is 4.79 Å². The fraction of sp³-hybridized carbons (Fsp3) is 0.200. The van der Waals surface area contributed by atoms with Gasteiger partial charge < -0.3 is 19.7 Å². The first-order chi connectivity index (χ1) is 18.7. The molecule has 2 heterocycles. The topological polar surface area (TPSA) is 82.8 Å². The second kappa shape index (κ2) is 10.9. The van der Waals surface area contributed by atoms with Crippen LogP contribution < -0.4 is 5.32 Å². The standard InChI is InChI=1S/C30H25ClF2N2O4/c31-23-3-1-2-22(16-23)26-17-21(8-10-25(26)27-11-9-24(39-27)18-34-29(37)38)19-4-6-20(7-5-19)28(36)35-14-12-30(32,33)13-15-35/h1-11,16-17,34H,12-15,18H2,(H,37,38). The molecule has 1 aliphatic rings. The van der Waals surface area contributed by atoms with E-state index in [4.69, 9.17) is 21.1 Å². The predicted molar refractivity (Wildman–Crippen MR) is 145 cm³/mol. The molecule has 5 rings (SSSR count). The van der Waals surface area contributed by atoms with Gasteiger partial charge >= 0.3 is 6.09 Å². The highest BCUT2D eigenvalue weighted by atomic mass is 35.5. The molecule has 200 valence electrons. The molecule has 3 aromatic carbocycles. The van der Waals surface area contributed by atoms with Crippen molar-refractivity contribution in [3.63, 3.8) is 0 Å². The van der Waals surface area contributed by atoms with Crippen molar-refractivity contribution in [3.05, 3.63) is 95.2 Å². The Bertz CT molecular complexity index is 1510. The van der Waals surface area contributed by atoms with Crippen molar-refractivity contribution in [2.24, 2.45) is 0 Å². The van der Waals surface area contributed by atoms with E-state index in [1.807, 2.05) is 48.5 Å². The zero-order chi connectivity index (χ0) is 27.6. The molecular weight excluding hydrogens is 526 g/mol. The van der Waals surface area contributed by atoms with Crippen LogP contribution >= 0.6 is 11.6 Å². The zero-order valence-electron chi connectivity index (χ0n) is 20.8. The molecule has 2 N–H and O–H groups in total. The molecule has 1 aliphatic heterocycles. The summed E-state index contributed by atoms with van der Waals surface area (Å²) in [5, 5.41) is 11.7. The molecule has 6 nitrogen and oxygen atoms in total. The molecule has 0 bridgehead atoms. The molecule has 2 amide bonds. The van der Waals surface area contributed by atoms with Crippen LogP contribution in [0.25, 0.3) is 33.6 Å². The smallest absolute Gasteiger partial charge is 0.405 e. The SMILES string of the molecule is O=C(O)NCc1ccc(-c2ccc(-c3ccc(C(=O)N4CCC(F)(F)CC4)cc3)cc2-c2cccc(Cl)c2)o1. The minimum Gasteiger partial charge on any atom is -0.465 e. The lowest BCUT2D eigenvalue weighted by Crippen LogP contribution is -2.42. The fourth-order valence-corrected chi connectivity index (χ4v) is 4.83. The van der Waals surface area contributed by atoms with E-state index in [1.54, 1.807) is 30.3 Å². The van der Waals surface area contributed by atoms with Crippen LogP contribution in [-0.2, 0) is 6.54 Å². The van der Waals surface area contributed by atoms with E-state index in [0.717, 1.165) is 27.8 Å². The minimum atomic E-state index is -2.71.